The summed E-state index contributed by atoms with van der Waals surface area (Å²) in [7, 11) is 3.49. The van der Waals surface area contributed by atoms with Crippen molar-refractivity contribution in [3.63, 3.8) is 0 Å². The summed E-state index contributed by atoms with van der Waals surface area (Å²) in [5.74, 6) is 0.00258. The van der Waals surface area contributed by atoms with Gasteiger partial charge in [-0.3, -0.25) is 9.78 Å². The van der Waals surface area contributed by atoms with Crippen LogP contribution >= 0.6 is 0 Å². The van der Waals surface area contributed by atoms with Gasteiger partial charge >= 0.3 is 0 Å². The molecule has 86 valence electrons. The average molecular weight is 226 g/mol. The number of hydrogen-bond acceptors (Lipinski definition) is 2. The first kappa shape index (κ1) is 11.3. The zero-order chi connectivity index (χ0) is 12.3. The van der Waals surface area contributed by atoms with Crippen molar-refractivity contribution >= 4 is 5.91 Å². The Hall–Kier alpha value is -2.16. The monoisotopic (exact) mass is 226 g/mol. The number of aromatic nitrogens is 1. The molecule has 1 aromatic carbocycles. The summed E-state index contributed by atoms with van der Waals surface area (Å²) in [5.41, 5.74) is 2.51. The third-order valence-corrected chi connectivity index (χ3v) is 2.48. The van der Waals surface area contributed by atoms with Gasteiger partial charge in [-0.15, -0.1) is 0 Å². The highest BCUT2D eigenvalue weighted by atomic mass is 16.2. The van der Waals surface area contributed by atoms with E-state index in [9.17, 15) is 4.79 Å². The topological polar surface area (TPSA) is 33.2 Å². The average Bonchev–Trinajstić information content (AvgIpc) is 2.39. The van der Waals surface area contributed by atoms with E-state index < -0.39 is 0 Å². The van der Waals surface area contributed by atoms with Gasteiger partial charge in [-0.05, 0) is 24.3 Å². The van der Waals surface area contributed by atoms with Gasteiger partial charge < -0.3 is 4.90 Å². The number of carbonyl (C=O) groups is 1. The minimum Gasteiger partial charge on any atom is -0.345 e. The van der Waals surface area contributed by atoms with Crippen molar-refractivity contribution in [1.29, 1.82) is 0 Å². The van der Waals surface area contributed by atoms with Crippen molar-refractivity contribution in [1.82, 2.24) is 9.88 Å². The highest BCUT2D eigenvalue weighted by Crippen LogP contribution is 2.18. The molecule has 0 unspecified atom stereocenters. The maximum Gasteiger partial charge on any atom is 0.253 e. The fourth-order valence-corrected chi connectivity index (χ4v) is 1.60. The minimum atomic E-state index is 0.00258. The maximum atomic E-state index is 11.8. The quantitative estimate of drug-likeness (QED) is 0.788. The molecule has 1 heterocycles. The Bertz CT molecular complexity index is 521. The first-order chi connectivity index (χ1) is 8.18. The SMILES string of the molecule is CN(C)C(=O)c1cccc(-c2ccccn2)c1. The minimum absolute atomic E-state index is 0.00258. The van der Waals surface area contributed by atoms with Gasteiger partial charge in [-0.2, -0.15) is 0 Å². The van der Waals surface area contributed by atoms with Gasteiger partial charge in [0.2, 0.25) is 0 Å². The van der Waals surface area contributed by atoms with Crippen LogP contribution in [0.15, 0.2) is 48.7 Å². The normalized spacial score (nSPS) is 10.0. The zero-order valence-electron chi connectivity index (χ0n) is 9.92. The van der Waals surface area contributed by atoms with E-state index in [2.05, 4.69) is 4.98 Å². The lowest BCUT2D eigenvalue weighted by Crippen LogP contribution is -2.21. The Morgan fingerprint density at radius 2 is 1.94 bits per heavy atom. The second kappa shape index (κ2) is 4.78. The van der Waals surface area contributed by atoms with Crippen LogP contribution < -0.4 is 0 Å². The molecular weight excluding hydrogens is 212 g/mol. The van der Waals surface area contributed by atoms with Crippen LogP contribution in [-0.4, -0.2) is 29.9 Å². The van der Waals surface area contributed by atoms with Gasteiger partial charge in [0.25, 0.3) is 5.91 Å². The van der Waals surface area contributed by atoms with Crippen LogP contribution in [0.25, 0.3) is 11.3 Å². The molecule has 17 heavy (non-hydrogen) atoms. The van der Waals surface area contributed by atoms with Gasteiger partial charge in [0.1, 0.15) is 0 Å². The molecule has 0 bridgehead atoms. The van der Waals surface area contributed by atoms with Crippen LogP contribution in [0.1, 0.15) is 10.4 Å². The third-order valence-electron chi connectivity index (χ3n) is 2.48. The van der Waals surface area contributed by atoms with E-state index >= 15 is 0 Å². The van der Waals surface area contributed by atoms with Crippen molar-refractivity contribution in [2.24, 2.45) is 0 Å². The second-order valence-electron chi connectivity index (χ2n) is 4.00. The lowest BCUT2D eigenvalue weighted by molar-refractivity contribution is 0.0827. The molecule has 0 aliphatic carbocycles. The second-order valence-corrected chi connectivity index (χ2v) is 4.00. The van der Waals surface area contributed by atoms with E-state index in [1.165, 1.54) is 0 Å². The van der Waals surface area contributed by atoms with Crippen LogP contribution in [0, 0.1) is 0 Å². The highest BCUT2D eigenvalue weighted by Gasteiger charge is 2.08. The Balaban J connectivity index is 2.39. The fraction of sp³-hybridized carbons (Fsp3) is 0.143. The number of nitrogens with zero attached hydrogens (tertiary/aromatic N) is 2. The summed E-state index contributed by atoms with van der Waals surface area (Å²) in [6.45, 7) is 0. The summed E-state index contributed by atoms with van der Waals surface area (Å²) < 4.78 is 0. The van der Waals surface area contributed by atoms with Gasteiger partial charge in [0.05, 0.1) is 5.69 Å². The molecule has 0 aliphatic heterocycles. The number of pyridine rings is 1. The first-order valence-corrected chi connectivity index (χ1v) is 5.41. The molecule has 0 spiro atoms. The molecule has 3 heteroatoms. The Morgan fingerprint density at radius 1 is 1.12 bits per heavy atom. The van der Waals surface area contributed by atoms with Crippen molar-refractivity contribution in [2.75, 3.05) is 14.1 Å². The van der Waals surface area contributed by atoms with Crippen molar-refractivity contribution in [3.05, 3.63) is 54.2 Å². The van der Waals surface area contributed by atoms with Crippen LogP contribution in [0.3, 0.4) is 0 Å². The number of benzene rings is 1. The van der Waals surface area contributed by atoms with Crippen molar-refractivity contribution < 1.29 is 4.79 Å². The van der Waals surface area contributed by atoms with Gasteiger partial charge in [-0.1, -0.05) is 18.2 Å². The van der Waals surface area contributed by atoms with Gasteiger partial charge in [0, 0.05) is 31.4 Å². The summed E-state index contributed by atoms with van der Waals surface area (Å²) >= 11 is 0. The Morgan fingerprint density at radius 3 is 2.59 bits per heavy atom. The Labute approximate surface area is 101 Å². The van der Waals surface area contributed by atoms with Crippen LogP contribution in [0.2, 0.25) is 0 Å². The van der Waals surface area contributed by atoms with E-state index in [0.29, 0.717) is 5.56 Å². The third kappa shape index (κ3) is 2.50. The number of hydrogen-bond donors (Lipinski definition) is 0. The molecule has 0 aliphatic rings. The summed E-state index contributed by atoms with van der Waals surface area (Å²) in [4.78, 5) is 17.7. The maximum absolute atomic E-state index is 11.8. The van der Waals surface area contributed by atoms with Crippen molar-refractivity contribution in [3.8, 4) is 11.3 Å². The molecule has 0 atom stereocenters. The predicted octanol–water partition coefficient (Wildman–Crippen LogP) is 2.45. The number of rotatable bonds is 2. The molecule has 0 saturated carbocycles. The molecule has 0 radical (unpaired) electrons. The largest absolute Gasteiger partial charge is 0.345 e. The molecule has 1 aromatic heterocycles. The smallest absolute Gasteiger partial charge is 0.253 e. The first-order valence-electron chi connectivity index (χ1n) is 5.41. The molecule has 0 fully saturated rings. The van der Waals surface area contributed by atoms with Gasteiger partial charge in [-0.25, -0.2) is 0 Å². The molecule has 0 N–H and O–H groups in total. The lowest BCUT2D eigenvalue weighted by atomic mass is 10.1. The fourth-order valence-electron chi connectivity index (χ4n) is 1.60. The van der Waals surface area contributed by atoms with Gasteiger partial charge in [0.15, 0.2) is 0 Å². The predicted molar refractivity (Wildman–Crippen MR) is 67.7 cm³/mol. The number of amides is 1. The van der Waals surface area contributed by atoms with E-state index in [4.69, 9.17) is 0 Å². The molecule has 1 amide bonds. The van der Waals surface area contributed by atoms with Crippen molar-refractivity contribution in [2.45, 2.75) is 0 Å². The van der Waals surface area contributed by atoms with Crippen LogP contribution in [-0.2, 0) is 0 Å². The summed E-state index contributed by atoms with van der Waals surface area (Å²) in [6.07, 6.45) is 1.75. The summed E-state index contributed by atoms with van der Waals surface area (Å²) in [6, 6.07) is 13.2. The summed E-state index contributed by atoms with van der Waals surface area (Å²) in [5, 5.41) is 0. The lowest BCUT2D eigenvalue weighted by Gasteiger charge is -2.10. The number of carbonyl (C=O) groups excluding carboxylic acids is 1. The van der Waals surface area contributed by atoms with E-state index in [1.54, 1.807) is 25.2 Å². The zero-order valence-corrected chi connectivity index (χ0v) is 9.92. The Kier molecular flexibility index (Phi) is 3.19. The molecule has 2 aromatic rings. The molecule has 0 saturated heterocycles. The van der Waals surface area contributed by atoms with E-state index in [-0.39, 0.29) is 5.91 Å². The van der Waals surface area contributed by atoms with E-state index in [0.717, 1.165) is 11.3 Å². The molecular formula is C14H14N2O. The highest BCUT2D eigenvalue weighted by molar-refractivity contribution is 5.95. The standard InChI is InChI=1S/C14H14N2O/c1-16(2)14(17)12-7-5-6-11(10-12)13-8-3-4-9-15-13/h3-10H,1-2H3. The molecule has 2 rings (SSSR count). The molecule has 3 nitrogen and oxygen atoms in total. The van der Waals surface area contributed by atoms with Crippen LogP contribution in [0.4, 0.5) is 0 Å². The van der Waals surface area contributed by atoms with Crippen LogP contribution in [0.5, 0.6) is 0 Å². The van der Waals surface area contributed by atoms with E-state index in [1.807, 2.05) is 42.5 Å².